The summed E-state index contributed by atoms with van der Waals surface area (Å²) >= 11 is 8.74. The molecule has 0 saturated heterocycles. The third kappa shape index (κ3) is 4.69. The maximum Gasteiger partial charge on any atom is 0.239 e. The highest BCUT2D eigenvalue weighted by atomic mass is 35.5. The van der Waals surface area contributed by atoms with Crippen molar-refractivity contribution in [3.05, 3.63) is 34.3 Å². The summed E-state index contributed by atoms with van der Waals surface area (Å²) in [5.74, 6) is 0.232. The molecule has 0 spiro atoms. The Kier molecular flexibility index (Phi) is 5.61. The van der Waals surface area contributed by atoms with E-state index in [9.17, 15) is 4.79 Å². The average molecular weight is 342 g/mol. The summed E-state index contributed by atoms with van der Waals surface area (Å²) < 4.78 is 0. The maximum atomic E-state index is 12.1. The number of anilines is 1. The number of carbonyl (C=O) groups is 1. The van der Waals surface area contributed by atoms with Gasteiger partial charge in [-0.25, -0.2) is 0 Å². The van der Waals surface area contributed by atoms with E-state index < -0.39 is 0 Å². The van der Waals surface area contributed by atoms with Gasteiger partial charge in [0.25, 0.3) is 0 Å². The van der Waals surface area contributed by atoms with Crippen LogP contribution in [0.4, 0.5) is 5.13 Å². The Bertz CT molecular complexity index is 613. The zero-order valence-corrected chi connectivity index (χ0v) is 14.4. The molecule has 1 amide bonds. The van der Waals surface area contributed by atoms with E-state index in [0.717, 1.165) is 9.90 Å². The average Bonchev–Trinajstić information content (AvgIpc) is 2.90. The molecule has 0 aliphatic carbocycles. The van der Waals surface area contributed by atoms with Crippen LogP contribution < -0.4 is 5.32 Å². The van der Waals surface area contributed by atoms with Crippen molar-refractivity contribution in [1.82, 2.24) is 10.2 Å². The lowest BCUT2D eigenvalue weighted by Gasteiger charge is -2.10. The van der Waals surface area contributed by atoms with Crippen molar-refractivity contribution in [1.29, 1.82) is 0 Å². The van der Waals surface area contributed by atoms with Crippen LogP contribution in [0.25, 0.3) is 0 Å². The Labute approximate surface area is 137 Å². The summed E-state index contributed by atoms with van der Waals surface area (Å²) in [5.41, 5.74) is 0. The molecular formula is C14H16ClN3OS2. The van der Waals surface area contributed by atoms with Gasteiger partial charge < -0.3 is 0 Å². The lowest BCUT2D eigenvalue weighted by Crippen LogP contribution is -2.22. The van der Waals surface area contributed by atoms with E-state index in [1.54, 1.807) is 0 Å². The van der Waals surface area contributed by atoms with E-state index in [4.69, 9.17) is 11.6 Å². The Hall–Kier alpha value is -1.11. The summed E-state index contributed by atoms with van der Waals surface area (Å²) in [4.78, 5) is 13.1. The first-order chi connectivity index (χ1) is 9.95. The molecule has 2 aromatic rings. The molecule has 2 rings (SSSR count). The van der Waals surface area contributed by atoms with E-state index in [-0.39, 0.29) is 11.2 Å². The molecule has 4 nitrogen and oxygen atoms in total. The van der Waals surface area contributed by atoms with Crippen LogP contribution in [-0.2, 0) is 4.79 Å². The fourth-order valence-electron chi connectivity index (χ4n) is 1.50. The molecule has 1 heterocycles. The molecule has 0 aliphatic heterocycles. The van der Waals surface area contributed by atoms with E-state index in [2.05, 4.69) is 15.5 Å². The summed E-state index contributed by atoms with van der Waals surface area (Å²) in [6, 6.07) is 7.43. The molecule has 0 aliphatic rings. The smallest absolute Gasteiger partial charge is 0.239 e. The van der Waals surface area contributed by atoms with Crippen LogP contribution in [0.5, 0.6) is 0 Å². The van der Waals surface area contributed by atoms with Crippen LogP contribution in [0.2, 0.25) is 5.02 Å². The first kappa shape index (κ1) is 16.3. The molecule has 1 aromatic heterocycles. The standard InChI is InChI=1S/C14H16ClN3OS2/c1-8(2)13-17-18-14(21-13)16-12(19)9(3)20-11-6-4-10(15)5-7-11/h4-9H,1-3H3,(H,16,18,19). The Balaban J connectivity index is 1.94. The molecule has 1 atom stereocenters. The number of nitrogens with zero attached hydrogens (tertiary/aromatic N) is 2. The Morgan fingerprint density at radius 1 is 1.24 bits per heavy atom. The fraction of sp³-hybridized carbons (Fsp3) is 0.357. The second-order valence-electron chi connectivity index (χ2n) is 4.80. The topological polar surface area (TPSA) is 54.9 Å². The van der Waals surface area contributed by atoms with Crippen LogP contribution in [0.1, 0.15) is 31.7 Å². The van der Waals surface area contributed by atoms with E-state index in [0.29, 0.717) is 16.1 Å². The first-order valence-electron chi connectivity index (χ1n) is 6.52. The van der Waals surface area contributed by atoms with Gasteiger partial charge in [-0.1, -0.05) is 36.8 Å². The monoisotopic (exact) mass is 341 g/mol. The van der Waals surface area contributed by atoms with Gasteiger partial charge in [-0.3, -0.25) is 10.1 Å². The van der Waals surface area contributed by atoms with Crippen LogP contribution >= 0.6 is 34.7 Å². The largest absolute Gasteiger partial charge is 0.300 e. The van der Waals surface area contributed by atoms with Gasteiger partial charge in [-0.15, -0.1) is 22.0 Å². The third-order valence-corrected chi connectivity index (χ3v) is 5.16. The number of hydrogen-bond acceptors (Lipinski definition) is 5. The third-order valence-electron chi connectivity index (χ3n) is 2.66. The van der Waals surface area contributed by atoms with Crippen molar-refractivity contribution in [2.45, 2.75) is 36.8 Å². The normalized spacial score (nSPS) is 12.4. The van der Waals surface area contributed by atoms with Crippen LogP contribution in [0.15, 0.2) is 29.2 Å². The second-order valence-corrected chi connectivity index (χ2v) is 7.66. The fourth-order valence-corrected chi connectivity index (χ4v) is 3.24. The number of halogens is 1. The van der Waals surface area contributed by atoms with Crippen LogP contribution in [-0.4, -0.2) is 21.4 Å². The molecular weight excluding hydrogens is 326 g/mol. The number of rotatable bonds is 5. The molecule has 0 saturated carbocycles. The molecule has 0 bridgehead atoms. The first-order valence-corrected chi connectivity index (χ1v) is 8.59. The summed E-state index contributed by atoms with van der Waals surface area (Å²) in [5, 5.41) is 12.8. The lowest BCUT2D eigenvalue weighted by atomic mass is 10.2. The number of benzene rings is 1. The highest BCUT2D eigenvalue weighted by molar-refractivity contribution is 8.00. The molecule has 0 fully saturated rings. The highest BCUT2D eigenvalue weighted by Crippen LogP contribution is 2.27. The molecule has 1 N–H and O–H groups in total. The van der Waals surface area contributed by atoms with Crippen molar-refractivity contribution >= 4 is 45.7 Å². The molecule has 1 aromatic carbocycles. The van der Waals surface area contributed by atoms with Crippen molar-refractivity contribution in [3.8, 4) is 0 Å². The van der Waals surface area contributed by atoms with Crippen molar-refractivity contribution in [2.24, 2.45) is 0 Å². The molecule has 1 unspecified atom stereocenters. The minimum atomic E-state index is -0.224. The lowest BCUT2D eigenvalue weighted by molar-refractivity contribution is -0.115. The van der Waals surface area contributed by atoms with Crippen molar-refractivity contribution in [2.75, 3.05) is 5.32 Å². The van der Waals surface area contributed by atoms with Gasteiger partial charge in [0.05, 0.1) is 5.25 Å². The molecule has 7 heteroatoms. The number of amides is 1. The molecule has 21 heavy (non-hydrogen) atoms. The predicted octanol–water partition coefficient (Wildman–Crippen LogP) is 4.43. The van der Waals surface area contributed by atoms with E-state index in [1.807, 2.05) is 45.0 Å². The number of thioether (sulfide) groups is 1. The van der Waals surface area contributed by atoms with Crippen LogP contribution in [0.3, 0.4) is 0 Å². The van der Waals surface area contributed by atoms with Gasteiger partial charge in [0.15, 0.2) is 0 Å². The minimum Gasteiger partial charge on any atom is -0.300 e. The predicted molar refractivity (Wildman–Crippen MR) is 89.4 cm³/mol. The quantitative estimate of drug-likeness (QED) is 0.817. The molecule has 0 radical (unpaired) electrons. The number of carbonyl (C=O) groups excluding carboxylic acids is 1. The Morgan fingerprint density at radius 3 is 2.48 bits per heavy atom. The van der Waals surface area contributed by atoms with Gasteiger partial charge in [0, 0.05) is 15.8 Å². The van der Waals surface area contributed by atoms with Crippen molar-refractivity contribution in [3.63, 3.8) is 0 Å². The van der Waals surface area contributed by atoms with Crippen LogP contribution in [0, 0.1) is 0 Å². The maximum absolute atomic E-state index is 12.1. The Morgan fingerprint density at radius 2 is 1.90 bits per heavy atom. The van der Waals surface area contributed by atoms with E-state index >= 15 is 0 Å². The van der Waals surface area contributed by atoms with Gasteiger partial charge in [-0.2, -0.15) is 0 Å². The number of nitrogens with one attached hydrogen (secondary N) is 1. The highest BCUT2D eigenvalue weighted by Gasteiger charge is 2.17. The minimum absolute atomic E-state index is 0.0820. The number of hydrogen-bond donors (Lipinski definition) is 1. The van der Waals surface area contributed by atoms with Gasteiger partial charge >= 0.3 is 0 Å². The zero-order valence-electron chi connectivity index (χ0n) is 12.0. The van der Waals surface area contributed by atoms with Gasteiger partial charge in [0.2, 0.25) is 11.0 Å². The van der Waals surface area contributed by atoms with E-state index in [1.165, 1.54) is 23.1 Å². The zero-order chi connectivity index (χ0) is 15.4. The number of aromatic nitrogens is 2. The second kappa shape index (κ2) is 7.24. The SMILES string of the molecule is CC(Sc1ccc(Cl)cc1)C(=O)Nc1nnc(C(C)C)s1. The van der Waals surface area contributed by atoms with Gasteiger partial charge in [-0.05, 0) is 31.2 Å². The summed E-state index contributed by atoms with van der Waals surface area (Å²) in [6.45, 7) is 5.95. The molecule has 112 valence electrons. The summed E-state index contributed by atoms with van der Waals surface area (Å²) in [6.07, 6.45) is 0. The summed E-state index contributed by atoms with van der Waals surface area (Å²) in [7, 11) is 0. The van der Waals surface area contributed by atoms with Crippen molar-refractivity contribution < 1.29 is 4.79 Å². The van der Waals surface area contributed by atoms with Gasteiger partial charge in [0.1, 0.15) is 5.01 Å².